The van der Waals surface area contributed by atoms with Gasteiger partial charge < -0.3 is 4.74 Å². The number of rotatable bonds is 1. The van der Waals surface area contributed by atoms with E-state index in [1.807, 2.05) is 0 Å². The molecular weight excluding hydrogens is 130 g/mol. The lowest BCUT2D eigenvalue weighted by molar-refractivity contribution is 0.471. The normalized spacial score (nSPS) is 7.70. The van der Waals surface area contributed by atoms with E-state index in [1.165, 1.54) is 12.7 Å². The minimum absolute atomic E-state index is 0.226. The Balaban J connectivity index is 2.64. The maximum atomic E-state index is 4.73. The topological polar surface area (TPSA) is 47.9 Å². The first kappa shape index (κ1) is 6.49. The summed E-state index contributed by atoms with van der Waals surface area (Å²) in [4.78, 5) is 10.9. The molecule has 0 saturated carbocycles. The van der Waals surface area contributed by atoms with Gasteiger partial charge in [0.1, 0.15) is 18.8 Å². The van der Waals surface area contributed by atoms with Gasteiger partial charge in [-0.2, -0.15) is 9.97 Å². The molecule has 0 fully saturated rings. The van der Waals surface area contributed by atoms with Crippen LogP contribution < -0.4 is 4.74 Å². The highest BCUT2D eigenvalue weighted by Crippen LogP contribution is 1.92. The third-order valence-electron chi connectivity index (χ3n) is 0.714. The van der Waals surface area contributed by atoms with Crippen molar-refractivity contribution in [2.75, 3.05) is 0 Å². The predicted molar refractivity (Wildman–Crippen MR) is 33.9 cm³/mol. The number of nitrogens with zero attached hydrogens (tertiary/aromatic N) is 3. The van der Waals surface area contributed by atoms with Crippen LogP contribution in [-0.2, 0) is 0 Å². The second-order valence-electron chi connectivity index (χ2n) is 1.37. The van der Waals surface area contributed by atoms with E-state index in [0.717, 1.165) is 0 Å². The number of hydrogen-bond donors (Lipinski definition) is 0. The lowest BCUT2D eigenvalue weighted by Gasteiger charge is -1.88. The molecule has 0 unspecified atom stereocenters. The van der Waals surface area contributed by atoms with E-state index in [0.29, 0.717) is 0 Å². The van der Waals surface area contributed by atoms with Crippen molar-refractivity contribution < 1.29 is 4.74 Å². The Kier molecular flexibility index (Phi) is 2.21. The van der Waals surface area contributed by atoms with E-state index < -0.39 is 0 Å². The van der Waals surface area contributed by atoms with Gasteiger partial charge in [0, 0.05) is 6.92 Å². The number of hydrogen-bond acceptors (Lipinski definition) is 4. The van der Waals surface area contributed by atoms with Crippen molar-refractivity contribution in [1.82, 2.24) is 15.0 Å². The van der Waals surface area contributed by atoms with Gasteiger partial charge in [-0.15, -0.1) is 0 Å². The van der Waals surface area contributed by atoms with Crippen molar-refractivity contribution in [2.45, 2.75) is 6.92 Å². The molecule has 0 spiro atoms. The first-order valence-corrected chi connectivity index (χ1v) is 2.64. The van der Waals surface area contributed by atoms with Crippen molar-refractivity contribution in [1.29, 1.82) is 0 Å². The maximum Gasteiger partial charge on any atom is 0.333 e. The van der Waals surface area contributed by atoms with Crippen LogP contribution in [0, 0.1) is 12.0 Å². The molecule has 0 aliphatic rings. The molecule has 0 aromatic carbocycles. The summed E-state index contributed by atoms with van der Waals surface area (Å²) in [5.74, 6) is 2.54. The SMILES string of the molecule is CC#COc1ncncn1. The highest BCUT2D eigenvalue weighted by atomic mass is 16.5. The number of aromatic nitrogens is 3. The van der Waals surface area contributed by atoms with Gasteiger partial charge in [0.25, 0.3) is 0 Å². The largest absolute Gasteiger partial charge is 0.370 e. The summed E-state index contributed by atoms with van der Waals surface area (Å²) in [5.41, 5.74) is 0. The van der Waals surface area contributed by atoms with E-state index in [4.69, 9.17) is 4.74 Å². The zero-order valence-electron chi connectivity index (χ0n) is 5.40. The average molecular weight is 135 g/mol. The van der Waals surface area contributed by atoms with E-state index in [2.05, 4.69) is 27.0 Å². The second-order valence-corrected chi connectivity index (χ2v) is 1.37. The molecule has 0 aliphatic carbocycles. The summed E-state index contributed by atoms with van der Waals surface area (Å²) in [6.45, 7) is 1.67. The molecule has 0 atom stereocenters. The van der Waals surface area contributed by atoms with Crippen LogP contribution in [0.25, 0.3) is 0 Å². The Labute approximate surface area is 58.3 Å². The van der Waals surface area contributed by atoms with Crippen LogP contribution in [0.2, 0.25) is 0 Å². The van der Waals surface area contributed by atoms with Gasteiger partial charge in [-0.3, -0.25) is 0 Å². The molecule has 1 aromatic heterocycles. The fourth-order valence-electron chi connectivity index (χ4n) is 0.378. The molecule has 0 radical (unpaired) electrons. The summed E-state index contributed by atoms with van der Waals surface area (Å²) in [6.07, 6.45) is 5.06. The lowest BCUT2D eigenvalue weighted by atomic mass is 10.8. The Bertz CT molecular complexity index is 249. The molecule has 4 heteroatoms. The summed E-state index contributed by atoms with van der Waals surface area (Å²) in [6, 6.07) is 0.226. The van der Waals surface area contributed by atoms with E-state index >= 15 is 0 Å². The van der Waals surface area contributed by atoms with Crippen molar-refractivity contribution in [3.63, 3.8) is 0 Å². The summed E-state index contributed by atoms with van der Waals surface area (Å²) >= 11 is 0. The highest BCUT2D eigenvalue weighted by Gasteiger charge is 1.88. The third-order valence-corrected chi connectivity index (χ3v) is 0.714. The molecule has 10 heavy (non-hydrogen) atoms. The molecule has 0 bridgehead atoms. The quantitative estimate of drug-likeness (QED) is 0.517. The van der Waals surface area contributed by atoms with Gasteiger partial charge in [-0.25, -0.2) is 4.98 Å². The molecule has 1 heterocycles. The first-order chi connectivity index (χ1) is 4.93. The van der Waals surface area contributed by atoms with Crippen molar-refractivity contribution >= 4 is 0 Å². The molecule has 4 nitrogen and oxygen atoms in total. The van der Waals surface area contributed by atoms with Crippen LogP contribution >= 0.6 is 0 Å². The fourth-order valence-corrected chi connectivity index (χ4v) is 0.378. The second kappa shape index (κ2) is 3.41. The summed E-state index contributed by atoms with van der Waals surface area (Å²) in [5, 5.41) is 0. The van der Waals surface area contributed by atoms with Gasteiger partial charge in [0.05, 0.1) is 0 Å². The van der Waals surface area contributed by atoms with E-state index in [-0.39, 0.29) is 6.01 Å². The minimum Gasteiger partial charge on any atom is -0.370 e. The Morgan fingerprint density at radius 1 is 1.40 bits per heavy atom. The summed E-state index contributed by atoms with van der Waals surface area (Å²) in [7, 11) is 0. The van der Waals surface area contributed by atoms with E-state index in [1.54, 1.807) is 6.92 Å². The van der Waals surface area contributed by atoms with Gasteiger partial charge >= 0.3 is 6.01 Å². The molecule has 0 amide bonds. The molecule has 0 aliphatic heterocycles. The molecule has 0 saturated heterocycles. The van der Waals surface area contributed by atoms with Crippen LogP contribution in [0.3, 0.4) is 0 Å². The third kappa shape index (κ3) is 1.71. The number of ether oxygens (including phenoxy) is 1. The molecular formula is C6H5N3O. The smallest absolute Gasteiger partial charge is 0.333 e. The van der Waals surface area contributed by atoms with Crippen LogP contribution in [0.15, 0.2) is 12.7 Å². The van der Waals surface area contributed by atoms with Crippen molar-refractivity contribution in [2.24, 2.45) is 0 Å². The zero-order chi connectivity index (χ0) is 7.23. The lowest BCUT2D eigenvalue weighted by Crippen LogP contribution is -1.90. The van der Waals surface area contributed by atoms with Gasteiger partial charge in [0.2, 0.25) is 0 Å². The Morgan fingerprint density at radius 2 is 2.10 bits per heavy atom. The van der Waals surface area contributed by atoms with Gasteiger partial charge in [-0.05, 0) is 0 Å². The van der Waals surface area contributed by atoms with Crippen molar-refractivity contribution in [3.8, 4) is 18.0 Å². The van der Waals surface area contributed by atoms with Crippen LogP contribution in [0.5, 0.6) is 6.01 Å². The maximum absolute atomic E-state index is 4.73. The van der Waals surface area contributed by atoms with Gasteiger partial charge in [0.15, 0.2) is 0 Å². The predicted octanol–water partition coefficient (Wildman–Crippen LogP) is 0.231. The van der Waals surface area contributed by atoms with Crippen molar-refractivity contribution in [3.05, 3.63) is 12.7 Å². The zero-order valence-corrected chi connectivity index (χ0v) is 5.40. The fraction of sp³-hybridized carbons (Fsp3) is 0.167. The molecule has 0 N–H and O–H groups in total. The van der Waals surface area contributed by atoms with Crippen LogP contribution in [-0.4, -0.2) is 15.0 Å². The highest BCUT2D eigenvalue weighted by molar-refractivity contribution is 4.97. The minimum atomic E-state index is 0.226. The van der Waals surface area contributed by atoms with Crippen LogP contribution in [0.1, 0.15) is 6.92 Å². The molecule has 50 valence electrons. The van der Waals surface area contributed by atoms with Crippen LogP contribution in [0.4, 0.5) is 0 Å². The monoisotopic (exact) mass is 135 g/mol. The Hall–Kier alpha value is -1.63. The first-order valence-electron chi connectivity index (χ1n) is 2.64. The Morgan fingerprint density at radius 3 is 2.70 bits per heavy atom. The summed E-state index contributed by atoms with van der Waals surface area (Å²) < 4.78 is 4.73. The van der Waals surface area contributed by atoms with Gasteiger partial charge in [-0.1, -0.05) is 5.92 Å². The van der Waals surface area contributed by atoms with E-state index in [9.17, 15) is 0 Å². The molecule has 1 rings (SSSR count). The molecule has 1 aromatic rings. The average Bonchev–Trinajstić information content (AvgIpc) is 2.03. The standard InChI is InChI=1S/C6H5N3O/c1-2-3-10-6-8-4-7-5-9-6/h4-5H,1H3.